The van der Waals surface area contributed by atoms with Crippen LogP contribution in [0.2, 0.25) is 0 Å². The molecule has 1 aromatic rings. The van der Waals surface area contributed by atoms with E-state index < -0.39 is 46.5 Å². The number of aliphatic carboxylic acids is 1. The molecule has 0 heterocycles. The van der Waals surface area contributed by atoms with Gasteiger partial charge < -0.3 is 15.5 Å². The molecule has 0 spiro atoms. The second kappa shape index (κ2) is 6.75. The zero-order valence-corrected chi connectivity index (χ0v) is 11.0. The largest absolute Gasteiger partial charge is 0.480 e. The van der Waals surface area contributed by atoms with Crippen molar-refractivity contribution in [1.29, 1.82) is 0 Å². The lowest BCUT2D eigenvalue weighted by atomic mass is 10.1. The monoisotopic (exact) mass is 300 g/mol. The maximum atomic E-state index is 13.9. The van der Waals surface area contributed by atoms with Gasteiger partial charge in [0.15, 0.2) is 0 Å². The van der Waals surface area contributed by atoms with Crippen molar-refractivity contribution in [3.8, 4) is 0 Å². The minimum absolute atomic E-state index is 0.108. The van der Waals surface area contributed by atoms with E-state index in [2.05, 4.69) is 0 Å². The highest BCUT2D eigenvalue weighted by atomic mass is 19.1. The molecular weight excluding hydrogens is 287 g/mol. The Morgan fingerprint density at radius 1 is 1.48 bits per heavy atom. The van der Waals surface area contributed by atoms with Crippen molar-refractivity contribution >= 4 is 17.6 Å². The number of amides is 1. The summed E-state index contributed by atoms with van der Waals surface area (Å²) in [6, 6.07) is 0.283. The Hall–Kier alpha value is -2.55. The van der Waals surface area contributed by atoms with Gasteiger partial charge in [-0.05, 0) is 12.5 Å². The number of rotatable bonds is 6. The Morgan fingerprint density at radius 2 is 2.10 bits per heavy atom. The highest BCUT2D eigenvalue weighted by Gasteiger charge is 2.24. The molecule has 8 nitrogen and oxygen atoms in total. The van der Waals surface area contributed by atoms with E-state index in [1.807, 2.05) is 5.32 Å². The first kappa shape index (κ1) is 16.5. The van der Waals surface area contributed by atoms with Crippen LogP contribution < -0.4 is 5.32 Å². The maximum Gasteiger partial charge on any atom is 0.326 e. The van der Waals surface area contributed by atoms with Gasteiger partial charge in [-0.3, -0.25) is 14.9 Å². The van der Waals surface area contributed by atoms with Gasteiger partial charge >= 0.3 is 5.97 Å². The molecule has 1 aromatic carbocycles. The van der Waals surface area contributed by atoms with Crippen molar-refractivity contribution < 1.29 is 29.1 Å². The zero-order chi connectivity index (χ0) is 16.2. The molecule has 9 heteroatoms. The molecule has 1 atom stereocenters. The van der Waals surface area contributed by atoms with E-state index in [0.717, 1.165) is 12.1 Å². The molecule has 0 aliphatic carbocycles. The number of aliphatic hydroxyl groups excluding tert-OH is 1. The molecular formula is C12H13FN2O6. The zero-order valence-electron chi connectivity index (χ0n) is 11.0. The summed E-state index contributed by atoms with van der Waals surface area (Å²) in [5.74, 6) is -3.47. The van der Waals surface area contributed by atoms with Crippen molar-refractivity contribution in [2.45, 2.75) is 19.4 Å². The molecule has 0 aliphatic heterocycles. The normalized spacial score (nSPS) is 11.8. The molecule has 0 saturated carbocycles. The summed E-state index contributed by atoms with van der Waals surface area (Å²) in [5.41, 5.74) is -1.21. The van der Waals surface area contributed by atoms with Crippen LogP contribution in [0.25, 0.3) is 0 Å². The van der Waals surface area contributed by atoms with Crippen molar-refractivity contribution in [2.75, 3.05) is 6.61 Å². The SMILES string of the molecule is Cc1cc([N+](=O)[O-])cc(C(=O)N[C@@H](CCO)C(=O)O)c1F. The maximum absolute atomic E-state index is 13.9. The van der Waals surface area contributed by atoms with Crippen LogP contribution >= 0.6 is 0 Å². The molecule has 0 saturated heterocycles. The lowest BCUT2D eigenvalue weighted by Gasteiger charge is -2.14. The Balaban J connectivity index is 3.11. The molecule has 1 amide bonds. The summed E-state index contributed by atoms with van der Waals surface area (Å²) in [5, 5.41) is 30.2. The second-order valence-corrected chi connectivity index (χ2v) is 4.26. The summed E-state index contributed by atoms with van der Waals surface area (Å²) in [4.78, 5) is 32.6. The van der Waals surface area contributed by atoms with Gasteiger partial charge in [0.05, 0.1) is 10.5 Å². The van der Waals surface area contributed by atoms with Gasteiger partial charge in [0.2, 0.25) is 0 Å². The fourth-order valence-electron chi connectivity index (χ4n) is 1.64. The number of aliphatic hydroxyl groups is 1. The molecule has 114 valence electrons. The lowest BCUT2D eigenvalue weighted by Crippen LogP contribution is -2.41. The third-order valence-corrected chi connectivity index (χ3v) is 2.72. The Morgan fingerprint density at radius 3 is 2.57 bits per heavy atom. The topological polar surface area (TPSA) is 130 Å². The molecule has 21 heavy (non-hydrogen) atoms. The molecule has 0 radical (unpaired) electrons. The highest BCUT2D eigenvalue weighted by molar-refractivity contribution is 5.97. The number of hydrogen-bond acceptors (Lipinski definition) is 5. The number of nitro benzene ring substituents is 1. The van der Waals surface area contributed by atoms with Gasteiger partial charge in [-0.2, -0.15) is 0 Å². The van der Waals surface area contributed by atoms with E-state index >= 15 is 0 Å². The smallest absolute Gasteiger partial charge is 0.326 e. The van der Waals surface area contributed by atoms with E-state index in [-0.39, 0.29) is 12.0 Å². The molecule has 3 N–H and O–H groups in total. The Labute approximate surface area is 118 Å². The van der Waals surface area contributed by atoms with Crippen molar-refractivity contribution in [3.05, 3.63) is 39.2 Å². The number of non-ortho nitro benzene ring substituents is 1. The number of nitrogens with zero attached hydrogens (tertiary/aromatic N) is 1. The predicted molar refractivity (Wildman–Crippen MR) is 68.4 cm³/mol. The number of hydrogen-bond donors (Lipinski definition) is 3. The van der Waals surface area contributed by atoms with Gasteiger partial charge in [-0.15, -0.1) is 0 Å². The molecule has 1 rings (SSSR count). The van der Waals surface area contributed by atoms with Crippen LogP contribution in [0.3, 0.4) is 0 Å². The van der Waals surface area contributed by atoms with Gasteiger partial charge in [-0.25, -0.2) is 9.18 Å². The number of carboxylic acids is 1. The van der Waals surface area contributed by atoms with Crippen LogP contribution in [-0.4, -0.2) is 39.7 Å². The van der Waals surface area contributed by atoms with E-state index in [4.69, 9.17) is 10.2 Å². The van der Waals surface area contributed by atoms with Gasteiger partial charge in [0, 0.05) is 25.2 Å². The lowest BCUT2D eigenvalue weighted by molar-refractivity contribution is -0.385. The van der Waals surface area contributed by atoms with Gasteiger partial charge in [0.1, 0.15) is 11.9 Å². The van der Waals surface area contributed by atoms with Crippen LogP contribution in [0.5, 0.6) is 0 Å². The van der Waals surface area contributed by atoms with Crippen molar-refractivity contribution in [1.82, 2.24) is 5.32 Å². The van der Waals surface area contributed by atoms with Crippen LogP contribution in [0.4, 0.5) is 10.1 Å². The van der Waals surface area contributed by atoms with Crippen molar-refractivity contribution in [3.63, 3.8) is 0 Å². The first-order valence-corrected chi connectivity index (χ1v) is 5.87. The first-order valence-electron chi connectivity index (χ1n) is 5.87. The summed E-state index contributed by atoms with van der Waals surface area (Å²) in [7, 11) is 0. The quantitative estimate of drug-likeness (QED) is 0.521. The average Bonchev–Trinajstić information content (AvgIpc) is 2.40. The second-order valence-electron chi connectivity index (χ2n) is 4.26. The molecule has 0 bridgehead atoms. The van der Waals surface area contributed by atoms with Gasteiger partial charge in [0.25, 0.3) is 11.6 Å². The average molecular weight is 300 g/mol. The fraction of sp³-hybridized carbons (Fsp3) is 0.333. The first-order chi connectivity index (χ1) is 9.77. The summed E-state index contributed by atoms with van der Waals surface area (Å²) in [6.07, 6.45) is -0.267. The fourth-order valence-corrected chi connectivity index (χ4v) is 1.64. The minimum atomic E-state index is -1.42. The number of carbonyl (C=O) groups is 2. The number of nitro groups is 1. The minimum Gasteiger partial charge on any atom is -0.480 e. The number of benzene rings is 1. The van der Waals surface area contributed by atoms with Crippen LogP contribution in [0.15, 0.2) is 12.1 Å². The van der Waals surface area contributed by atoms with Crippen LogP contribution in [0, 0.1) is 22.9 Å². The number of aryl methyl sites for hydroxylation is 1. The summed E-state index contributed by atoms with van der Waals surface area (Å²) in [6.45, 7) is 0.759. The predicted octanol–water partition coefficient (Wildman–Crippen LogP) is 0.608. The molecule has 0 fully saturated rings. The number of carbonyl (C=O) groups excluding carboxylic acids is 1. The van der Waals surface area contributed by atoms with Crippen LogP contribution in [-0.2, 0) is 4.79 Å². The van der Waals surface area contributed by atoms with Crippen LogP contribution in [0.1, 0.15) is 22.3 Å². The third kappa shape index (κ3) is 3.96. The number of halogens is 1. The van der Waals surface area contributed by atoms with Crippen molar-refractivity contribution in [2.24, 2.45) is 0 Å². The number of nitrogens with one attached hydrogen (secondary N) is 1. The Kier molecular flexibility index (Phi) is 5.30. The summed E-state index contributed by atoms with van der Waals surface area (Å²) < 4.78 is 13.9. The molecule has 0 aliphatic rings. The van der Waals surface area contributed by atoms with E-state index in [0.29, 0.717) is 0 Å². The molecule has 0 unspecified atom stereocenters. The third-order valence-electron chi connectivity index (χ3n) is 2.72. The van der Waals surface area contributed by atoms with E-state index in [9.17, 15) is 24.1 Å². The Bertz CT molecular complexity index is 589. The number of carboxylic acid groups (broad SMARTS) is 1. The van der Waals surface area contributed by atoms with E-state index in [1.165, 1.54) is 6.92 Å². The molecule has 0 aromatic heterocycles. The highest BCUT2D eigenvalue weighted by Crippen LogP contribution is 2.21. The van der Waals surface area contributed by atoms with E-state index in [1.54, 1.807) is 0 Å². The van der Waals surface area contributed by atoms with Gasteiger partial charge in [-0.1, -0.05) is 0 Å². The summed E-state index contributed by atoms with van der Waals surface area (Å²) >= 11 is 0. The standard InChI is InChI=1S/C12H13FN2O6/c1-6-4-7(15(20)21)5-8(10(6)13)11(17)14-9(2-3-16)12(18)19/h4-5,9,16H,2-3H2,1H3,(H,14,17)(H,18,19)/t9-/m0/s1.